The molecule has 0 amide bonds. The molecule has 3 N–H and O–H groups in total. The Labute approximate surface area is 50.9 Å². The van der Waals surface area contributed by atoms with Crippen LogP contribution in [0.2, 0.25) is 0 Å². The van der Waals surface area contributed by atoms with E-state index < -0.39 is 12.0 Å². The number of azide groups is 1. The van der Waals surface area contributed by atoms with Gasteiger partial charge in [-0.2, -0.15) is 0 Å². The number of nitrogens with zero attached hydrogens (tertiary/aromatic N) is 3. The molecule has 0 saturated heterocycles. The lowest BCUT2D eigenvalue weighted by atomic mass is 10.3. The number of hydrogen-bond acceptors (Lipinski definition) is 3. The van der Waals surface area contributed by atoms with Crippen LogP contribution in [-0.4, -0.2) is 23.7 Å². The molecule has 0 unspecified atom stereocenters. The van der Waals surface area contributed by atoms with E-state index >= 15 is 0 Å². The second-order valence-electron chi connectivity index (χ2n) is 1.29. The summed E-state index contributed by atoms with van der Waals surface area (Å²) in [5, 5.41) is 11.1. The first kappa shape index (κ1) is 7.74. The van der Waals surface area contributed by atoms with Crippen LogP contribution >= 0.6 is 0 Å². The van der Waals surface area contributed by atoms with Gasteiger partial charge in [0, 0.05) is 11.5 Å². The zero-order chi connectivity index (χ0) is 7.28. The molecule has 0 aromatic carbocycles. The summed E-state index contributed by atoms with van der Waals surface area (Å²) in [6.45, 7) is -0.167. The maximum Gasteiger partial charge on any atom is 0.313 e. The van der Waals surface area contributed by atoms with Crippen molar-refractivity contribution in [3.8, 4) is 0 Å². The number of nitrogens with two attached hydrogens (primary N) is 1. The highest BCUT2D eigenvalue weighted by molar-refractivity contribution is 5.73. The summed E-state index contributed by atoms with van der Waals surface area (Å²) in [6.07, 6.45) is 0. The van der Waals surface area contributed by atoms with Crippen LogP contribution in [0.15, 0.2) is 5.11 Å². The monoisotopic (exact) mass is 130 g/mol. The average Bonchev–Trinajstić information content (AvgIpc) is 1.82. The van der Waals surface area contributed by atoms with Crippen LogP contribution < -0.4 is 5.73 Å². The first-order chi connectivity index (χ1) is 4.22. The Balaban J connectivity index is 3.98. The summed E-state index contributed by atoms with van der Waals surface area (Å²) in [5.41, 5.74) is 12.7. The smallest absolute Gasteiger partial charge is 0.313 e. The van der Waals surface area contributed by atoms with E-state index in [9.17, 15) is 4.79 Å². The van der Waals surface area contributed by atoms with Gasteiger partial charge in [0.1, 0.15) is 6.04 Å². The molecule has 0 bridgehead atoms. The minimum absolute atomic E-state index is 0.167. The molecule has 0 aliphatic carbocycles. The zero-order valence-corrected chi connectivity index (χ0v) is 4.56. The maximum atomic E-state index is 9.98. The van der Waals surface area contributed by atoms with Crippen LogP contribution in [0.4, 0.5) is 0 Å². The molecule has 0 saturated carbocycles. The second kappa shape index (κ2) is 3.71. The van der Waals surface area contributed by atoms with Crippen LogP contribution in [-0.2, 0) is 4.79 Å². The molecular weight excluding hydrogens is 124 g/mol. The highest BCUT2D eigenvalue weighted by Crippen LogP contribution is 1.86. The predicted molar refractivity (Wildman–Crippen MR) is 29.6 cm³/mol. The van der Waals surface area contributed by atoms with E-state index in [2.05, 4.69) is 10.0 Å². The third-order valence-corrected chi connectivity index (χ3v) is 0.699. The molecular formula is C3H6N4O2. The number of carboxylic acids is 1. The fraction of sp³-hybridized carbons (Fsp3) is 0.667. The number of rotatable bonds is 3. The molecule has 0 spiro atoms. The molecule has 0 aliphatic rings. The summed E-state index contributed by atoms with van der Waals surface area (Å²) < 4.78 is 0. The molecule has 1 atom stereocenters. The van der Waals surface area contributed by atoms with E-state index in [1.54, 1.807) is 0 Å². The largest absolute Gasteiger partial charge is 0.481 e. The topological polar surface area (TPSA) is 112 Å². The molecule has 6 heteroatoms. The van der Waals surface area contributed by atoms with Crippen molar-refractivity contribution >= 4 is 5.97 Å². The zero-order valence-electron chi connectivity index (χ0n) is 4.56. The maximum absolute atomic E-state index is 9.98. The Morgan fingerprint density at radius 3 is 2.67 bits per heavy atom. The van der Waals surface area contributed by atoms with E-state index in [0.29, 0.717) is 0 Å². The SMILES string of the molecule is [N-]=[N+]=N[C@@H](CN)C(=O)O. The summed E-state index contributed by atoms with van der Waals surface area (Å²) in [4.78, 5) is 12.3. The van der Waals surface area contributed by atoms with Gasteiger partial charge in [-0.1, -0.05) is 5.11 Å². The highest BCUT2D eigenvalue weighted by atomic mass is 16.4. The number of carboxylic acid groups (broad SMARTS) is 1. The minimum Gasteiger partial charge on any atom is -0.481 e. The summed E-state index contributed by atoms with van der Waals surface area (Å²) in [5.74, 6) is -1.20. The van der Waals surface area contributed by atoms with Crippen molar-refractivity contribution in [2.24, 2.45) is 10.8 Å². The third-order valence-electron chi connectivity index (χ3n) is 0.699. The van der Waals surface area contributed by atoms with E-state index in [1.165, 1.54) is 0 Å². The van der Waals surface area contributed by atoms with Gasteiger partial charge >= 0.3 is 5.97 Å². The molecule has 50 valence electrons. The van der Waals surface area contributed by atoms with Crippen LogP contribution in [0.25, 0.3) is 10.4 Å². The van der Waals surface area contributed by atoms with Gasteiger partial charge < -0.3 is 10.8 Å². The van der Waals surface area contributed by atoms with Crippen LogP contribution in [0.1, 0.15) is 0 Å². The fourth-order valence-electron chi connectivity index (χ4n) is 0.260. The van der Waals surface area contributed by atoms with E-state index in [0.717, 1.165) is 0 Å². The van der Waals surface area contributed by atoms with Gasteiger partial charge in [0.25, 0.3) is 0 Å². The molecule has 0 aromatic rings. The van der Waals surface area contributed by atoms with E-state index in [1.807, 2.05) is 0 Å². The molecule has 0 aliphatic heterocycles. The van der Waals surface area contributed by atoms with Gasteiger partial charge in [-0.15, -0.1) is 0 Å². The van der Waals surface area contributed by atoms with Crippen molar-refractivity contribution in [2.45, 2.75) is 6.04 Å². The summed E-state index contributed by atoms with van der Waals surface area (Å²) in [6, 6.07) is -1.13. The summed E-state index contributed by atoms with van der Waals surface area (Å²) in [7, 11) is 0. The van der Waals surface area contributed by atoms with Gasteiger partial charge in [-0.3, -0.25) is 4.79 Å². The van der Waals surface area contributed by atoms with Crippen molar-refractivity contribution in [3.63, 3.8) is 0 Å². The van der Waals surface area contributed by atoms with Crippen LogP contribution in [0.3, 0.4) is 0 Å². The molecule has 9 heavy (non-hydrogen) atoms. The quantitative estimate of drug-likeness (QED) is 0.311. The van der Waals surface area contributed by atoms with E-state index in [4.69, 9.17) is 16.4 Å². The van der Waals surface area contributed by atoms with Crippen molar-refractivity contribution in [1.29, 1.82) is 0 Å². The van der Waals surface area contributed by atoms with Gasteiger partial charge in [0.05, 0.1) is 0 Å². The number of carbonyl (C=O) groups is 1. The lowest BCUT2D eigenvalue weighted by Gasteiger charge is -1.97. The summed E-state index contributed by atoms with van der Waals surface area (Å²) >= 11 is 0. The Morgan fingerprint density at radius 2 is 2.56 bits per heavy atom. The van der Waals surface area contributed by atoms with Crippen molar-refractivity contribution in [2.75, 3.05) is 6.54 Å². The van der Waals surface area contributed by atoms with Crippen LogP contribution in [0, 0.1) is 0 Å². The standard InChI is InChI=1S/C3H6N4O2/c4-1-2(3(8)9)6-7-5/h2H,1,4H2,(H,8,9)/t2-/m0/s1. The lowest BCUT2D eigenvalue weighted by Crippen LogP contribution is -2.26. The first-order valence-electron chi connectivity index (χ1n) is 2.19. The molecule has 6 nitrogen and oxygen atoms in total. The van der Waals surface area contributed by atoms with Gasteiger partial charge in [-0.05, 0) is 5.53 Å². The van der Waals surface area contributed by atoms with Crippen LogP contribution in [0.5, 0.6) is 0 Å². The Bertz CT molecular complexity index is 148. The molecule has 0 heterocycles. The van der Waals surface area contributed by atoms with Crippen molar-refractivity contribution in [3.05, 3.63) is 10.4 Å². The second-order valence-corrected chi connectivity index (χ2v) is 1.29. The molecule has 0 radical (unpaired) electrons. The third kappa shape index (κ3) is 2.53. The Hall–Kier alpha value is -1.26. The first-order valence-corrected chi connectivity index (χ1v) is 2.19. The Morgan fingerprint density at radius 1 is 2.00 bits per heavy atom. The van der Waals surface area contributed by atoms with Gasteiger partial charge in [-0.25, -0.2) is 0 Å². The Kier molecular flexibility index (Phi) is 3.19. The van der Waals surface area contributed by atoms with Gasteiger partial charge in [0.15, 0.2) is 0 Å². The predicted octanol–water partition coefficient (Wildman–Crippen LogP) is -0.291. The molecule has 0 fully saturated rings. The molecule has 0 aromatic heterocycles. The highest BCUT2D eigenvalue weighted by Gasteiger charge is 2.11. The van der Waals surface area contributed by atoms with E-state index in [-0.39, 0.29) is 6.54 Å². The average molecular weight is 130 g/mol. The van der Waals surface area contributed by atoms with Crippen molar-refractivity contribution in [1.82, 2.24) is 0 Å². The normalized spacial score (nSPS) is 11.7. The lowest BCUT2D eigenvalue weighted by molar-refractivity contribution is -0.138. The number of hydrogen-bond donors (Lipinski definition) is 2. The fourth-order valence-corrected chi connectivity index (χ4v) is 0.260. The van der Waals surface area contributed by atoms with Crippen molar-refractivity contribution < 1.29 is 9.90 Å². The number of aliphatic carboxylic acids is 1. The van der Waals surface area contributed by atoms with Gasteiger partial charge in [0.2, 0.25) is 0 Å². The minimum atomic E-state index is -1.20. The molecule has 0 rings (SSSR count).